The fourth-order valence-electron chi connectivity index (χ4n) is 5.43. The Morgan fingerprint density at radius 3 is 2.88 bits per heavy atom. The Morgan fingerprint density at radius 1 is 1.12 bits per heavy atom. The van der Waals surface area contributed by atoms with Crippen molar-refractivity contribution < 1.29 is 4.79 Å². The largest absolute Gasteiger partial charge is 0.355 e. The number of aromatic nitrogens is 3. The lowest BCUT2D eigenvalue weighted by atomic mass is 9.73. The molecule has 26 heavy (non-hydrogen) atoms. The number of aromatic amines is 1. The summed E-state index contributed by atoms with van der Waals surface area (Å²) in [5, 5.41) is 1.10. The average Bonchev–Trinajstić information content (AvgIpc) is 3.35. The first kappa shape index (κ1) is 16.1. The van der Waals surface area contributed by atoms with E-state index in [0.29, 0.717) is 18.4 Å². The molecule has 0 aromatic carbocycles. The zero-order valence-corrected chi connectivity index (χ0v) is 15.3. The summed E-state index contributed by atoms with van der Waals surface area (Å²) >= 11 is 0. The van der Waals surface area contributed by atoms with E-state index in [1.807, 2.05) is 6.20 Å². The highest BCUT2D eigenvalue weighted by Crippen LogP contribution is 2.42. The van der Waals surface area contributed by atoms with E-state index in [4.69, 9.17) is 0 Å². The van der Waals surface area contributed by atoms with Gasteiger partial charge in [0.15, 0.2) is 0 Å². The van der Waals surface area contributed by atoms with Crippen molar-refractivity contribution in [2.75, 3.05) is 24.5 Å². The fourth-order valence-corrected chi connectivity index (χ4v) is 5.43. The number of piperidine rings is 2. The maximum Gasteiger partial charge on any atom is 0.222 e. The Morgan fingerprint density at radius 2 is 2.00 bits per heavy atom. The van der Waals surface area contributed by atoms with Crippen LogP contribution in [-0.4, -0.2) is 51.4 Å². The molecule has 2 aliphatic heterocycles. The van der Waals surface area contributed by atoms with E-state index in [-0.39, 0.29) is 5.41 Å². The van der Waals surface area contributed by atoms with Crippen LogP contribution < -0.4 is 4.90 Å². The van der Waals surface area contributed by atoms with Gasteiger partial charge in [-0.25, -0.2) is 9.97 Å². The van der Waals surface area contributed by atoms with Crippen molar-refractivity contribution in [2.24, 2.45) is 5.41 Å². The van der Waals surface area contributed by atoms with Gasteiger partial charge in [-0.15, -0.1) is 0 Å². The summed E-state index contributed by atoms with van der Waals surface area (Å²) in [4.78, 5) is 29.4. The lowest BCUT2D eigenvalue weighted by Gasteiger charge is -2.50. The van der Waals surface area contributed by atoms with Crippen molar-refractivity contribution in [2.45, 2.75) is 57.4 Å². The van der Waals surface area contributed by atoms with E-state index in [9.17, 15) is 4.79 Å². The van der Waals surface area contributed by atoms with Crippen molar-refractivity contribution in [1.82, 2.24) is 19.9 Å². The van der Waals surface area contributed by atoms with Crippen LogP contribution in [0.3, 0.4) is 0 Å². The number of hydrogen-bond donors (Lipinski definition) is 1. The standard InChI is InChI=1S/C20H27N5O/c26-17-6-9-20(13-25(17)15-4-1-2-5-15)8-3-11-24(12-20)19-16-7-10-21-18(16)22-14-23-19/h7,10,14-15H,1-6,8-9,11-13H2,(H,21,22,23). The first-order valence-corrected chi connectivity index (χ1v) is 10.1. The van der Waals surface area contributed by atoms with Crippen molar-refractivity contribution >= 4 is 22.8 Å². The molecule has 138 valence electrons. The molecular formula is C20H27N5O. The average molecular weight is 353 g/mol. The Labute approximate surface area is 154 Å². The molecule has 0 bridgehead atoms. The molecule has 1 saturated carbocycles. The SMILES string of the molecule is O=C1CCC2(CCCN(c3ncnc4[nH]ccc34)C2)CN1C1CCCC1. The number of H-pyrrole nitrogens is 1. The Hall–Kier alpha value is -2.11. The van der Waals surface area contributed by atoms with E-state index in [2.05, 4.69) is 30.8 Å². The highest BCUT2D eigenvalue weighted by molar-refractivity contribution is 5.87. The molecule has 1 N–H and O–H groups in total. The molecule has 1 unspecified atom stereocenters. The predicted molar refractivity (Wildman–Crippen MR) is 101 cm³/mol. The number of anilines is 1. The second kappa shape index (κ2) is 6.25. The van der Waals surface area contributed by atoms with Gasteiger partial charge in [0.2, 0.25) is 5.91 Å². The number of carbonyl (C=O) groups excluding carboxylic acids is 1. The molecule has 1 spiro atoms. The number of amides is 1. The Balaban J connectivity index is 1.41. The van der Waals surface area contributed by atoms with Gasteiger partial charge in [0.05, 0.1) is 5.39 Å². The molecule has 3 aliphatic rings. The minimum Gasteiger partial charge on any atom is -0.355 e. The highest BCUT2D eigenvalue weighted by atomic mass is 16.2. The lowest BCUT2D eigenvalue weighted by Crippen LogP contribution is -2.56. The normalized spacial score (nSPS) is 27.8. The number of hydrogen-bond acceptors (Lipinski definition) is 4. The molecule has 1 aliphatic carbocycles. The van der Waals surface area contributed by atoms with Crippen LogP contribution >= 0.6 is 0 Å². The van der Waals surface area contributed by atoms with Crippen LogP contribution in [0.25, 0.3) is 11.0 Å². The van der Waals surface area contributed by atoms with Crippen LogP contribution in [0.15, 0.2) is 18.6 Å². The summed E-state index contributed by atoms with van der Waals surface area (Å²) in [6.45, 7) is 2.98. The first-order chi connectivity index (χ1) is 12.7. The van der Waals surface area contributed by atoms with Gasteiger partial charge < -0.3 is 14.8 Å². The Kier molecular flexibility index (Phi) is 3.87. The van der Waals surface area contributed by atoms with Crippen LogP contribution in [0.2, 0.25) is 0 Å². The summed E-state index contributed by atoms with van der Waals surface area (Å²) in [6.07, 6.45) is 12.7. The van der Waals surface area contributed by atoms with E-state index in [1.54, 1.807) is 6.33 Å². The van der Waals surface area contributed by atoms with Gasteiger partial charge >= 0.3 is 0 Å². The monoisotopic (exact) mass is 353 g/mol. The van der Waals surface area contributed by atoms with Gasteiger partial charge in [-0.3, -0.25) is 4.79 Å². The minimum absolute atomic E-state index is 0.225. The zero-order chi connectivity index (χ0) is 17.6. The van der Waals surface area contributed by atoms with Crippen molar-refractivity contribution in [3.63, 3.8) is 0 Å². The molecule has 1 amide bonds. The van der Waals surface area contributed by atoms with Crippen molar-refractivity contribution in [3.8, 4) is 0 Å². The predicted octanol–water partition coefficient (Wildman–Crippen LogP) is 3.11. The van der Waals surface area contributed by atoms with Crippen LogP contribution in [0, 0.1) is 5.41 Å². The quantitative estimate of drug-likeness (QED) is 0.901. The molecule has 6 nitrogen and oxygen atoms in total. The van der Waals surface area contributed by atoms with Gasteiger partial charge in [-0.05, 0) is 38.2 Å². The summed E-state index contributed by atoms with van der Waals surface area (Å²) in [5.74, 6) is 1.43. The molecule has 5 rings (SSSR count). The highest BCUT2D eigenvalue weighted by Gasteiger charge is 2.44. The third kappa shape index (κ3) is 2.66. The summed E-state index contributed by atoms with van der Waals surface area (Å²) in [5.41, 5.74) is 1.13. The maximum absolute atomic E-state index is 12.6. The number of fused-ring (bicyclic) bond motifs is 1. The number of carbonyl (C=O) groups is 1. The molecule has 2 aromatic rings. The van der Waals surface area contributed by atoms with E-state index < -0.39 is 0 Å². The number of nitrogens with one attached hydrogen (secondary N) is 1. The van der Waals surface area contributed by atoms with Crippen molar-refractivity contribution in [3.05, 3.63) is 18.6 Å². The molecule has 1 atom stereocenters. The summed E-state index contributed by atoms with van der Waals surface area (Å²) in [7, 11) is 0. The van der Waals surface area contributed by atoms with E-state index in [1.165, 1.54) is 38.5 Å². The molecule has 2 aromatic heterocycles. The van der Waals surface area contributed by atoms with Gasteiger partial charge in [0, 0.05) is 43.7 Å². The van der Waals surface area contributed by atoms with Gasteiger partial charge in [-0.1, -0.05) is 12.8 Å². The smallest absolute Gasteiger partial charge is 0.222 e. The molecular weight excluding hydrogens is 326 g/mol. The molecule has 6 heteroatoms. The number of likely N-dealkylation sites (tertiary alicyclic amines) is 1. The Bertz CT molecular complexity index is 811. The first-order valence-electron chi connectivity index (χ1n) is 10.1. The number of rotatable bonds is 2. The number of nitrogens with zero attached hydrogens (tertiary/aromatic N) is 4. The topological polar surface area (TPSA) is 65.1 Å². The minimum atomic E-state index is 0.225. The summed E-state index contributed by atoms with van der Waals surface area (Å²) < 4.78 is 0. The van der Waals surface area contributed by atoms with Crippen LogP contribution in [-0.2, 0) is 4.79 Å². The van der Waals surface area contributed by atoms with Crippen LogP contribution in [0.1, 0.15) is 51.4 Å². The van der Waals surface area contributed by atoms with Crippen LogP contribution in [0.5, 0.6) is 0 Å². The third-order valence-corrected chi connectivity index (χ3v) is 6.75. The van der Waals surface area contributed by atoms with E-state index in [0.717, 1.165) is 42.9 Å². The fraction of sp³-hybridized carbons (Fsp3) is 0.650. The zero-order valence-electron chi connectivity index (χ0n) is 15.3. The second-order valence-corrected chi connectivity index (χ2v) is 8.42. The molecule has 4 heterocycles. The lowest BCUT2D eigenvalue weighted by molar-refractivity contribution is -0.140. The molecule has 2 saturated heterocycles. The van der Waals surface area contributed by atoms with E-state index >= 15 is 0 Å². The van der Waals surface area contributed by atoms with Crippen LogP contribution in [0.4, 0.5) is 5.82 Å². The van der Waals surface area contributed by atoms with Gasteiger partial charge in [-0.2, -0.15) is 0 Å². The summed E-state index contributed by atoms with van der Waals surface area (Å²) in [6, 6.07) is 2.56. The van der Waals surface area contributed by atoms with Gasteiger partial charge in [0.1, 0.15) is 17.8 Å². The third-order valence-electron chi connectivity index (χ3n) is 6.75. The van der Waals surface area contributed by atoms with Gasteiger partial charge in [0.25, 0.3) is 0 Å². The molecule has 0 radical (unpaired) electrons. The maximum atomic E-state index is 12.6. The molecule has 3 fully saturated rings. The van der Waals surface area contributed by atoms with Crippen molar-refractivity contribution in [1.29, 1.82) is 0 Å². The second-order valence-electron chi connectivity index (χ2n) is 8.42.